The number of benzene rings is 1. The third-order valence-corrected chi connectivity index (χ3v) is 9.01. The maximum absolute atomic E-state index is 15.1. The molecule has 0 saturated carbocycles. The minimum Gasteiger partial charge on any atom is -0.458 e. The molecule has 3 aliphatic rings. The second-order valence-corrected chi connectivity index (χ2v) is 11.6. The number of aromatic nitrogens is 2. The molecule has 0 fully saturated rings. The van der Waals surface area contributed by atoms with E-state index in [0.717, 1.165) is 22.1 Å². The van der Waals surface area contributed by atoms with Crippen LogP contribution < -0.4 is 21.9 Å². The lowest BCUT2D eigenvalue weighted by Crippen LogP contribution is -2.44. The molecule has 232 valence electrons. The van der Waals surface area contributed by atoms with E-state index in [1.807, 2.05) is 0 Å². The van der Waals surface area contributed by atoms with Crippen LogP contribution in [0.15, 0.2) is 16.9 Å². The van der Waals surface area contributed by atoms with Crippen LogP contribution in [0.4, 0.5) is 4.39 Å². The van der Waals surface area contributed by atoms with Crippen LogP contribution in [-0.2, 0) is 49.0 Å². The lowest BCUT2D eigenvalue weighted by molar-refractivity contribution is -0.172. The van der Waals surface area contributed by atoms with Crippen LogP contribution in [0.5, 0.6) is 0 Å². The van der Waals surface area contributed by atoms with Crippen molar-refractivity contribution in [2.24, 2.45) is 5.73 Å². The molecule has 2 aromatic heterocycles. The summed E-state index contributed by atoms with van der Waals surface area (Å²) >= 11 is 0. The fourth-order valence-corrected chi connectivity index (χ4v) is 6.61. The Hall–Kier alpha value is -4.20. The van der Waals surface area contributed by atoms with Crippen LogP contribution in [-0.4, -0.2) is 51.8 Å². The van der Waals surface area contributed by atoms with Crippen LogP contribution in [0.1, 0.15) is 72.5 Å². The summed E-state index contributed by atoms with van der Waals surface area (Å²) in [6.07, 6.45) is 0.543. The number of aliphatic hydroxyl groups is 1. The molecule has 0 bridgehead atoms. The van der Waals surface area contributed by atoms with E-state index in [9.17, 15) is 24.3 Å². The number of fused-ring (bicyclic) bond motifs is 5. The van der Waals surface area contributed by atoms with Crippen molar-refractivity contribution in [1.82, 2.24) is 20.2 Å². The van der Waals surface area contributed by atoms with Crippen molar-refractivity contribution in [1.29, 1.82) is 0 Å². The molecule has 2 amide bonds. The Morgan fingerprint density at radius 2 is 2.05 bits per heavy atom. The van der Waals surface area contributed by atoms with Crippen LogP contribution in [0.3, 0.4) is 0 Å². The maximum atomic E-state index is 15.1. The van der Waals surface area contributed by atoms with Gasteiger partial charge in [0.25, 0.3) is 5.56 Å². The molecule has 1 aromatic carbocycles. The van der Waals surface area contributed by atoms with E-state index in [4.69, 9.17) is 20.2 Å². The number of amides is 2. The summed E-state index contributed by atoms with van der Waals surface area (Å²) in [6.45, 7) is 4.72. The summed E-state index contributed by atoms with van der Waals surface area (Å²) in [5.41, 5.74) is 7.34. The van der Waals surface area contributed by atoms with Gasteiger partial charge in [0.15, 0.2) is 5.60 Å². The summed E-state index contributed by atoms with van der Waals surface area (Å²) in [4.78, 5) is 55.7. The number of rotatable bonds is 8. The topological polar surface area (TPSA) is 175 Å². The van der Waals surface area contributed by atoms with E-state index in [2.05, 4.69) is 10.6 Å². The van der Waals surface area contributed by atoms with Gasteiger partial charge in [0.2, 0.25) is 11.8 Å². The average Bonchev–Trinajstić information content (AvgIpc) is 3.36. The molecule has 13 heteroatoms. The van der Waals surface area contributed by atoms with Gasteiger partial charge in [0.1, 0.15) is 19.2 Å². The number of ether oxygens (including phenoxy) is 2. The predicted molar refractivity (Wildman–Crippen MR) is 156 cm³/mol. The number of nitrogens with two attached hydrogens (primary N) is 1. The van der Waals surface area contributed by atoms with Crippen molar-refractivity contribution < 1.29 is 33.4 Å². The second kappa shape index (κ2) is 11.1. The van der Waals surface area contributed by atoms with Crippen molar-refractivity contribution in [2.75, 3.05) is 13.3 Å². The molecule has 3 aromatic rings. The highest BCUT2D eigenvalue weighted by Crippen LogP contribution is 2.46. The highest BCUT2D eigenvalue weighted by Gasteiger charge is 2.46. The first-order chi connectivity index (χ1) is 21.0. The van der Waals surface area contributed by atoms with Crippen molar-refractivity contribution in [3.63, 3.8) is 0 Å². The molecule has 44 heavy (non-hydrogen) atoms. The third kappa shape index (κ3) is 4.66. The van der Waals surface area contributed by atoms with Crippen LogP contribution in [0.25, 0.3) is 22.3 Å². The van der Waals surface area contributed by atoms with Crippen molar-refractivity contribution in [3.05, 3.63) is 61.7 Å². The van der Waals surface area contributed by atoms with Gasteiger partial charge in [-0.15, -0.1) is 0 Å². The Balaban J connectivity index is 1.42. The molecular formula is C31H34FN5O7. The van der Waals surface area contributed by atoms with E-state index in [0.29, 0.717) is 35.3 Å². The van der Waals surface area contributed by atoms with E-state index in [1.54, 1.807) is 26.8 Å². The zero-order valence-corrected chi connectivity index (χ0v) is 24.7. The van der Waals surface area contributed by atoms with Gasteiger partial charge >= 0.3 is 5.97 Å². The zero-order valence-electron chi connectivity index (χ0n) is 24.7. The molecule has 12 nitrogen and oxygen atoms in total. The Morgan fingerprint density at radius 1 is 1.27 bits per heavy atom. The standard InChI is InChI=1S/C31H34FN5O7/c1-4-31(42)19-8-23-28-17(11-37(23)29(40)18(19)12-43-30(31)41)27-21(35-24(38)7-14(2)44-13-34-25(39)10-33)6-5-16-15(3)20(32)9-22(36-28)26(16)27/h8-9,14,21,42H,4-7,10-13,33H2,1-3H3,(H,34,39)(H,35,38)/t14?,21-,31-/m0/s1. The number of carbonyl (C=O) groups is 3. The normalized spacial score (nSPS) is 20.4. The zero-order chi connectivity index (χ0) is 31.5. The molecule has 0 saturated heterocycles. The van der Waals surface area contributed by atoms with Crippen molar-refractivity contribution >= 4 is 28.7 Å². The van der Waals surface area contributed by atoms with E-state index < -0.39 is 35.1 Å². The van der Waals surface area contributed by atoms with Crippen LogP contribution in [0, 0.1) is 12.7 Å². The summed E-state index contributed by atoms with van der Waals surface area (Å²) in [5, 5.41) is 17.6. The minimum atomic E-state index is -1.98. The van der Waals surface area contributed by atoms with Gasteiger partial charge in [0, 0.05) is 22.6 Å². The highest BCUT2D eigenvalue weighted by atomic mass is 19.1. The SMILES string of the molecule is CC[C@@]1(O)C(=O)OCc2c1cc1n(c2=O)Cc2c-1nc1cc(F)c(C)c3c1c2[C@@H](NC(=O)CC(C)OCNC(=O)CN)CC3. The molecule has 3 atom stereocenters. The fourth-order valence-electron chi connectivity index (χ4n) is 6.61. The van der Waals surface area contributed by atoms with E-state index in [-0.39, 0.29) is 62.2 Å². The average molecular weight is 608 g/mol. The summed E-state index contributed by atoms with van der Waals surface area (Å²) < 4.78 is 27.4. The van der Waals surface area contributed by atoms with Gasteiger partial charge in [-0.25, -0.2) is 14.2 Å². The number of cyclic esters (lactones) is 1. The lowest BCUT2D eigenvalue weighted by atomic mass is 9.81. The smallest absolute Gasteiger partial charge is 0.343 e. The maximum Gasteiger partial charge on any atom is 0.343 e. The number of nitrogens with one attached hydrogen (secondary N) is 2. The summed E-state index contributed by atoms with van der Waals surface area (Å²) in [5.74, 6) is -1.86. The number of hydrogen-bond acceptors (Lipinski definition) is 9. The number of aryl methyl sites for hydroxylation is 1. The van der Waals surface area contributed by atoms with Gasteiger partial charge in [-0.3, -0.25) is 14.4 Å². The third-order valence-electron chi connectivity index (χ3n) is 9.01. The molecule has 0 radical (unpaired) electrons. The molecule has 4 heterocycles. The molecule has 0 spiro atoms. The first kappa shape index (κ1) is 29.9. The van der Waals surface area contributed by atoms with Crippen molar-refractivity contribution in [2.45, 2.75) is 77.4 Å². The molecule has 1 unspecified atom stereocenters. The van der Waals surface area contributed by atoms with Crippen LogP contribution >= 0.6 is 0 Å². The first-order valence-corrected chi connectivity index (χ1v) is 14.7. The number of carbonyl (C=O) groups excluding carboxylic acids is 3. The molecular weight excluding hydrogens is 573 g/mol. The largest absolute Gasteiger partial charge is 0.458 e. The second-order valence-electron chi connectivity index (χ2n) is 11.6. The monoisotopic (exact) mass is 607 g/mol. The Kier molecular flexibility index (Phi) is 7.50. The van der Waals surface area contributed by atoms with E-state index >= 15 is 4.39 Å². The number of hydrogen-bond donors (Lipinski definition) is 4. The molecule has 1 aliphatic carbocycles. The summed E-state index contributed by atoms with van der Waals surface area (Å²) in [7, 11) is 0. The number of esters is 1. The van der Waals surface area contributed by atoms with Gasteiger partial charge < -0.3 is 35.5 Å². The summed E-state index contributed by atoms with van der Waals surface area (Å²) in [6, 6.07) is 2.52. The molecule has 2 aliphatic heterocycles. The predicted octanol–water partition coefficient (Wildman–Crippen LogP) is 1.46. The lowest BCUT2D eigenvalue weighted by Gasteiger charge is -2.31. The van der Waals surface area contributed by atoms with Gasteiger partial charge in [0.05, 0.1) is 54.1 Å². The van der Waals surface area contributed by atoms with Gasteiger partial charge in [-0.2, -0.15) is 0 Å². The number of pyridine rings is 2. The van der Waals surface area contributed by atoms with Gasteiger partial charge in [-0.05, 0) is 55.9 Å². The van der Waals surface area contributed by atoms with Crippen LogP contribution in [0.2, 0.25) is 0 Å². The first-order valence-electron chi connectivity index (χ1n) is 14.7. The minimum absolute atomic E-state index is 0.00840. The number of halogens is 1. The quantitative estimate of drug-likeness (QED) is 0.171. The van der Waals surface area contributed by atoms with Gasteiger partial charge in [-0.1, -0.05) is 6.92 Å². The Bertz CT molecular complexity index is 1800. The van der Waals surface area contributed by atoms with Crippen molar-refractivity contribution in [3.8, 4) is 11.4 Å². The molecule has 5 N–H and O–H groups in total. The highest BCUT2D eigenvalue weighted by molar-refractivity contribution is 5.94. The Labute approximate surface area is 251 Å². The number of nitrogens with zero attached hydrogens (tertiary/aromatic N) is 2. The Morgan fingerprint density at radius 3 is 2.77 bits per heavy atom. The fraction of sp³-hybridized carbons (Fsp3) is 0.452. The molecule has 6 rings (SSSR count). The van der Waals surface area contributed by atoms with E-state index in [1.165, 1.54) is 10.6 Å².